The number of para-hydroxylation sites is 2. The van der Waals surface area contributed by atoms with Crippen molar-refractivity contribution in [3.05, 3.63) is 47.5 Å². The first kappa shape index (κ1) is 21.2. The molecule has 3 aromatic rings. The third-order valence-electron chi connectivity index (χ3n) is 4.37. The van der Waals surface area contributed by atoms with Crippen LogP contribution in [0.4, 0.5) is 5.69 Å². The van der Waals surface area contributed by atoms with Gasteiger partial charge in [0.1, 0.15) is 11.8 Å². The van der Waals surface area contributed by atoms with Crippen molar-refractivity contribution >= 4 is 43.2 Å². The molecule has 0 bridgehead atoms. The molecule has 1 amide bonds. The number of aryl methyl sites for hydroxylation is 1. The molecule has 0 aliphatic rings. The Bertz CT molecular complexity index is 1140. The normalized spacial score (nSPS) is 12.9. The molecule has 0 fully saturated rings. The van der Waals surface area contributed by atoms with E-state index < -0.39 is 22.0 Å². The molecule has 29 heavy (non-hydrogen) atoms. The Morgan fingerprint density at radius 3 is 2.59 bits per heavy atom. The zero-order chi connectivity index (χ0) is 21.2. The SMILES string of the molecule is COc1ccccc1NC(=O)C(NS(=O)(=O)c1ccc2nc(C)sc2c1)C(C)C. The number of fused-ring (bicyclic) bond motifs is 1. The Morgan fingerprint density at radius 1 is 1.17 bits per heavy atom. The average Bonchev–Trinajstić information content (AvgIpc) is 3.05. The topological polar surface area (TPSA) is 97.4 Å². The monoisotopic (exact) mass is 433 g/mol. The highest BCUT2D eigenvalue weighted by Crippen LogP contribution is 2.26. The molecule has 0 saturated carbocycles. The molecule has 3 rings (SSSR count). The van der Waals surface area contributed by atoms with Gasteiger partial charge in [-0.1, -0.05) is 26.0 Å². The zero-order valence-corrected chi connectivity index (χ0v) is 18.2. The van der Waals surface area contributed by atoms with Crippen LogP contribution in [0.25, 0.3) is 10.2 Å². The summed E-state index contributed by atoms with van der Waals surface area (Å²) < 4.78 is 34.5. The Labute approximate surface area is 174 Å². The highest BCUT2D eigenvalue weighted by Gasteiger charge is 2.29. The molecule has 1 aromatic heterocycles. The number of hydrogen-bond donors (Lipinski definition) is 2. The summed E-state index contributed by atoms with van der Waals surface area (Å²) in [6.07, 6.45) is 0. The van der Waals surface area contributed by atoms with Gasteiger partial charge in [-0.15, -0.1) is 11.3 Å². The second-order valence-electron chi connectivity index (χ2n) is 6.89. The summed E-state index contributed by atoms with van der Waals surface area (Å²) in [5.74, 6) is -0.228. The van der Waals surface area contributed by atoms with Crippen molar-refractivity contribution < 1.29 is 17.9 Å². The molecule has 0 radical (unpaired) electrons. The van der Waals surface area contributed by atoms with Crippen molar-refractivity contribution in [3.63, 3.8) is 0 Å². The van der Waals surface area contributed by atoms with Crippen LogP contribution in [0.2, 0.25) is 0 Å². The van der Waals surface area contributed by atoms with Crippen LogP contribution in [0.1, 0.15) is 18.9 Å². The molecule has 2 aromatic carbocycles. The zero-order valence-electron chi connectivity index (χ0n) is 16.6. The van der Waals surface area contributed by atoms with E-state index in [1.807, 2.05) is 6.92 Å². The van der Waals surface area contributed by atoms with Crippen molar-refractivity contribution in [2.24, 2.45) is 5.92 Å². The number of rotatable bonds is 7. The van der Waals surface area contributed by atoms with Crippen LogP contribution < -0.4 is 14.8 Å². The smallest absolute Gasteiger partial charge is 0.242 e. The molecule has 0 aliphatic carbocycles. The van der Waals surface area contributed by atoms with Gasteiger partial charge in [0.05, 0.1) is 32.9 Å². The number of thiazole rings is 1. The summed E-state index contributed by atoms with van der Waals surface area (Å²) in [7, 11) is -2.40. The summed E-state index contributed by atoms with van der Waals surface area (Å²) in [6.45, 7) is 5.43. The fourth-order valence-electron chi connectivity index (χ4n) is 2.87. The molecule has 1 atom stereocenters. The molecule has 0 aliphatic heterocycles. The third kappa shape index (κ3) is 4.75. The number of nitrogens with zero attached hydrogens (tertiary/aromatic N) is 1. The molecule has 7 nitrogen and oxygen atoms in total. The van der Waals surface area contributed by atoms with Gasteiger partial charge >= 0.3 is 0 Å². The number of aromatic nitrogens is 1. The summed E-state index contributed by atoms with van der Waals surface area (Å²) >= 11 is 1.42. The molecule has 2 N–H and O–H groups in total. The van der Waals surface area contributed by atoms with E-state index >= 15 is 0 Å². The number of methoxy groups -OCH3 is 1. The number of benzene rings is 2. The summed E-state index contributed by atoms with van der Waals surface area (Å²) in [4.78, 5) is 17.3. The quantitative estimate of drug-likeness (QED) is 0.594. The first-order valence-corrected chi connectivity index (χ1v) is 11.3. The van der Waals surface area contributed by atoms with E-state index in [4.69, 9.17) is 4.74 Å². The number of ether oxygens (including phenoxy) is 1. The Balaban J connectivity index is 1.85. The number of amides is 1. The van der Waals surface area contributed by atoms with Gasteiger partial charge in [-0.25, -0.2) is 13.4 Å². The van der Waals surface area contributed by atoms with Crippen LogP contribution >= 0.6 is 11.3 Å². The Morgan fingerprint density at radius 2 is 1.90 bits per heavy atom. The molecule has 1 heterocycles. The van der Waals surface area contributed by atoms with Gasteiger partial charge in [0.2, 0.25) is 15.9 Å². The van der Waals surface area contributed by atoms with Crippen molar-refractivity contribution in [2.75, 3.05) is 12.4 Å². The van der Waals surface area contributed by atoms with Gasteiger partial charge in [-0.05, 0) is 43.2 Å². The number of carbonyl (C=O) groups excluding carboxylic acids is 1. The number of sulfonamides is 1. The lowest BCUT2D eigenvalue weighted by molar-refractivity contribution is -0.118. The largest absolute Gasteiger partial charge is 0.495 e. The number of nitrogens with one attached hydrogen (secondary N) is 2. The van der Waals surface area contributed by atoms with Crippen molar-refractivity contribution in [2.45, 2.75) is 31.7 Å². The number of anilines is 1. The summed E-state index contributed by atoms with van der Waals surface area (Å²) in [5.41, 5.74) is 1.23. The van der Waals surface area contributed by atoms with Gasteiger partial charge in [0.15, 0.2) is 0 Å². The molecular weight excluding hydrogens is 410 g/mol. The van der Waals surface area contributed by atoms with Gasteiger partial charge in [-0.3, -0.25) is 4.79 Å². The maximum Gasteiger partial charge on any atom is 0.242 e. The Hall–Kier alpha value is -2.49. The maximum atomic E-state index is 12.9. The lowest BCUT2D eigenvalue weighted by atomic mass is 10.0. The highest BCUT2D eigenvalue weighted by molar-refractivity contribution is 7.89. The molecule has 154 valence electrons. The minimum atomic E-state index is -3.90. The van der Waals surface area contributed by atoms with Crippen molar-refractivity contribution in [1.29, 1.82) is 0 Å². The minimum Gasteiger partial charge on any atom is -0.495 e. The second kappa shape index (κ2) is 8.48. The second-order valence-corrected chi connectivity index (χ2v) is 9.84. The highest BCUT2D eigenvalue weighted by atomic mass is 32.2. The number of hydrogen-bond acceptors (Lipinski definition) is 6. The first-order valence-electron chi connectivity index (χ1n) is 9.04. The van der Waals surface area contributed by atoms with Crippen LogP contribution in [0, 0.1) is 12.8 Å². The van der Waals surface area contributed by atoms with E-state index in [9.17, 15) is 13.2 Å². The summed E-state index contributed by atoms with van der Waals surface area (Å²) in [6, 6.07) is 10.8. The van der Waals surface area contributed by atoms with Gasteiger partial charge in [-0.2, -0.15) is 4.72 Å². The first-order chi connectivity index (χ1) is 13.7. The van der Waals surface area contributed by atoms with Crippen LogP contribution in [0.5, 0.6) is 5.75 Å². The van der Waals surface area contributed by atoms with E-state index in [2.05, 4.69) is 15.0 Å². The summed E-state index contributed by atoms with van der Waals surface area (Å²) in [5, 5.41) is 3.61. The van der Waals surface area contributed by atoms with Crippen molar-refractivity contribution in [1.82, 2.24) is 9.71 Å². The van der Waals surface area contributed by atoms with Crippen LogP contribution in [0.15, 0.2) is 47.4 Å². The van der Waals surface area contributed by atoms with E-state index in [0.29, 0.717) is 11.4 Å². The molecular formula is C20H23N3O4S2. The molecule has 0 spiro atoms. The van der Waals surface area contributed by atoms with Gasteiger partial charge in [0.25, 0.3) is 0 Å². The standard InChI is InChI=1S/C20H23N3O4S2/c1-12(2)19(20(24)22-15-7-5-6-8-17(15)27-4)23-29(25,26)14-9-10-16-18(11-14)28-13(3)21-16/h5-12,19,23H,1-4H3,(H,22,24). The third-order valence-corrected chi connectivity index (χ3v) is 6.75. The minimum absolute atomic E-state index is 0.101. The van der Waals surface area contributed by atoms with Gasteiger partial charge < -0.3 is 10.1 Å². The van der Waals surface area contributed by atoms with E-state index in [1.54, 1.807) is 50.2 Å². The van der Waals surface area contributed by atoms with Gasteiger partial charge in [0, 0.05) is 0 Å². The van der Waals surface area contributed by atoms with E-state index in [1.165, 1.54) is 24.5 Å². The van der Waals surface area contributed by atoms with Crippen molar-refractivity contribution in [3.8, 4) is 5.75 Å². The molecule has 9 heteroatoms. The maximum absolute atomic E-state index is 12.9. The van der Waals surface area contributed by atoms with Crippen LogP contribution in [0.3, 0.4) is 0 Å². The average molecular weight is 434 g/mol. The fourth-order valence-corrected chi connectivity index (χ4v) is 5.18. The molecule has 0 saturated heterocycles. The van der Waals surface area contributed by atoms with E-state index in [-0.39, 0.29) is 10.8 Å². The number of carbonyl (C=O) groups is 1. The lowest BCUT2D eigenvalue weighted by Gasteiger charge is -2.22. The Kier molecular flexibility index (Phi) is 6.21. The lowest BCUT2D eigenvalue weighted by Crippen LogP contribution is -2.47. The molecule has 1 unspecified atom stereocenters. The predicted molar refractivity (Wildman–Crippen MR) is 115 cm³/mol. The van der Waals surface area contributed by atoms with E-state index in [0.717, 1.165) is 15.2 Å². The predicted octanol–water partition coefficient (Wildman–Crippen LogP) is 3.55. The fraction of sp³-hybridized carbons (Fsp3) is 0.300. The van der Waals surface area contributed by atoms with Crippen LogP contribution in [-0.4, -0.2) is 32.5 Å². The van der Waals surface area contributed by atoms with Crippen LogP contribution in [-0.2, 0) is 14.8 Å².